The fourth-order valence-electron chi connectivity index (χ4n) is 3.63. The zero-order valence-corrected chi connectivity index (χ0v) is 18.4. The predicted octanol–water partition coefficient (Wildman–Crippen LogP) is 4.38. The highest BCUT2D eigenvalue weighted by Gasteiger charge is 2.32. The van der Waals surface area contributed by atoms with Gasteiger partial charge in [0.2, 0.25) is 15.9 Å². The first-order valence-electron chi connectivity index (χ1n) is 10.2. The van der Waals surface area contributed by atoms with Gasteiger partial charge in [-0.1, -0.05) is 42.5 Å². The van der Waals surface area contributed by atoms with E-state index in [9.17, 15) is 26.4 Å². The fraction of sp³-hybridized carbons (Fsp3) is 0.348. The van der Waals surface area contributed by atoms with Crippen molar-refractivity contribution in [3.8, 4) is 0 Å². The normalized spacial score (nSPS) is 16.4. The molecule has 1 saturated heterocycles. The Hall–Kier alpha value is -2.65. The molecule has 2 aromatic rings. The van der Waals surface area contributed by atoms with E-state index >= 15 is 0 Å². The van der Waals surface area contributed by atoms with Crippen molar-refractivity contribution in [2.75, 3.05) is 20.1 Å². The van der Waals surface area contributed by atoms with Gasteiger partial charge < -0.3 is 4.90 Å². The highest BCUT2D eigenvalue weighted by Crippen LogP contribution is 2.29. The van der Waals surface area contributed by atoms with Crippen molar-refractivity contribution in [1.29, 1.82) is 0 Å². The van der Waals surface area contributed by atoms with Crippen molar-refractivity contribution in [3.63, 3.8) is 0 Å². The van der Waals surface area contributed by atoms with Crippen LogP contribution in [0.25, 0.3) is 6.08 Å². The molecule has 0 unspecified atom stereocenters. The molecule has 1 aliphatic rings. The molecule has 1 aliphatic heterocycles. The maximum Gasteiger partial charge on any atom is 0.416 e. The van der Waals surface area contributed by atoms with Crippen molar-refractivity contribution in [2.24, 2.45) is 5.92 Å². The van der Waals surface area contributed by atoms with Crippen LogP contribution in [0.4, 0.5) is 13.2 Å². The number of halogens is 3. The van der Waals surface area contributed by atoms with Crippen LogP contribution in [-0.4, -0.2) is 43.7 Å². The molecule has 0 N–H and O–H groups in total. The molecule has 1 heterocycles. The number of hydrogen-bond donors (Lipinski definition) is 0. The molecule has 9 heteroatoms. The molecule has 2 aromatic carbocycles. The summed E-state index contributed by atoms with van der Waals surface area (Å²) in [5.74, 6) is -0.458. The Balaban J connectivity index is 1.54. The average molecular weight is 467 g/mol. The summed E-state index contributed by atoms with van der Waals surface area (Å²) in [6.45, 7) is 0.674. The lowest BCUT2D eigenvalue weighted by Crippen LogP contribution is -2.42. The summed E-state index contributed by atoms with van der Waals surface area (Å²) in [7, 11) is -1.98. The largest absolute Gasteiger partial charge is 0.416 e. The van der Waals surface area contributed by atoms with Crippen LogP contribution in [0, 0.1) is 5.92 Å². The summed E-state index contributed by atoms with van der Waals surface area (Å²) < 4.78 is 64.6. The minimum absolute atomic E-state index is 0.137. The zero-order chi connectivity index (χ0) is 23.4. The monoisotopic (exact) mass is 466 g/mol. The lowest BCUT2D eigenvalue weighted by molar-refractivity contribution is -0.138. The molecule has 3 rings (SSSR count). The average Bonchev–Trinajstić information content (AvgIpc) is 2.78. The smallest absolute Gasteiger partial charge is 0.341 e. The van der Waals surface area contributed by atoms with E-state index in [1.54, 1.807) is 13.1 Å². The van der Waals surface area contributed by atoms with Gasteiger partial charge in [0.05, 0.1) is 5.56 Å². The molecular formula is C23H25F3N2O3S. The maximum atomic E-state index is 12.8. The molecule has 0 bridgehead atoms. The van der Waals surface area contributed by atoms with Crippen LogP contribution in [0.3, 0.4) is 0 Å². The van der Waals surface area contributed by atoms with Gasteiger partial charge >= 0.3 is 6.18 Å². The van der Waals surface area contributed by atoms with E-state index in [2.05, 4.69) is 0 Å². The number of hydrogen-bond acceptors (Lipinski definition) is 3. The third-order valence-corrected chi connectivity index (χ3v) is 7.04. The summed E-state index contributed by atoms with van der Waals surface area (Å²) >= 11 is 0. The first-order chi connectivity index (χ1) is 15.1. The van der Waals surface area contributed by atoms with E-state index in [0.29, 0.717) is 18.4 Å². The van der Waals surface area contributed by atoms with Crippen LogP contribution in [0.5, 0.6) is 0 Å². The number of carbonyl (C=O) groups is 1. The second kappa shape index (κ2) is 9.87. The molecular weight excluding hydrogens is 441 g/mol. The molecule has 1 amide bonds. The number of alkyl halides is 3. The van der Waals surface area contributed by atoms with Gasteiger partial charge in [0.25, 0.3) is 0 Å². The molecule has 1 fully saturated rings. The number of piperidine rings is 1. The van der Waals surface area contributed by atoms with Crippen molar-refractivity contribution in [2.45, 2.75) is 25.6 Å². The number of sulfonamides is 1. The van der Waals surface area contributed by atoms with E-state index in [-0.39, 0.29) is 31.5 Å². The van der Waals surface area contributed by atoms with Gasteiger partial charge in [-0.05, 0) is 42.2 Å². The number of rotatable bonds is 6. The summed E-state index contributed by atoms with van der Waals surface area (Å²) in [6.07, 6.45) is -2.06. The minimum Gasteiger partial charge on any atom is -0.341 e. The Kier molecular flexibility index (Phi) is 7.40. The van der Waals surface area contributed by atoms with E-state index in [1.165, 1.54) is 26.7 Å². The standard InChI is InChI=1S/C23H25F3N2O3S/c1-27(17-19-7-9-21(10-8-19)23(24,25)26)22(29)20-11-14-28(15-12-20)32(30,31)16-13-18-5-3-2-4-6-18/h2-10,13,16,20H,11-12,14-15,17H2,1H3. The lowest BCUT2D eigenvalue weighted by atomic mass is 9.96. The zero-order valence-electron chi connectivity index (χ0n) is 17.6. The van der Waals surface area contributed by atoms with E-state index < -0.39 is 21.8 Å². The molecule has 0 aliphatic carbocycles. The maximum absolute atomic E-state index is 12.8. The molecule has 0 saturated carbocycles. The minimum atomic E-state index is -4.40. The molecule has 0 radical (unpaired) electrons. The van der Waals surface area contributed by atoms with E-state index in [4.69, 9.17) is 0 Å². The summed E-state index contributed by atoms with van der Waals surface area (Å²) in [4.78, 5) is 14.2. The Bertz CT molecular complexity index is 1040. The van der Waals surface area contributed by atoms with Crippen molar-refractivity contribution >= 4 is 22.0 Å². The van der Waals surface area contributed by atoms with Gasteiger partial charge in [-0.15, -0.1) is 0 Å². The predicted molar refractivity (Wildman–Crippen MR) is 117 cm³/mol. The number of carbonyl (C=O) groups excluding carboxylic acids is 1. The summed E-state index contributed by atoms with van der Waals surface area (Å²) in [6, 6.07) is 13.8. The van der Waals surface area contributed by atoms with Gasteiger partial charge in [-0.2, -0.15) is 17.5 Å². The summed E-state index contributed by atoms with van der Waals surface area (Å²) in [5.41, 5.74) is 0.649. The van der Waals surface area contributed by atoms with Crippen LogP contribution >= 0.6 is 0 Å². The van der Waals surface area contributed by atoms with Crippen LogP contribution in [0.15, 0.2) is 60.0 Å². The first-order valence-corrected chi connectivity index (χ1v) is 11.7. The third kappa shape index (κ3) is 6.20. The molecule has 172 valence electrons. The second-order valence-electron chi connectivity index (χ2n) is 7.82. The quantitative estimate of drug-likeness (QED) is 0.635. The SMILES string of the molecule is CN(Cc1ccc(C(F)(F)F)cc1)C(=O)C1CCN(S(=O)(=O)C=Cc2ccccc2)CC1. The molecule has 0 spiro atoms. The third-order valence-electron chi connectivity index (χ3n) is 5.47. The van der Waals surface area contributed by atoms with Crippen LogP contribution < -0.4 is 0 Å². The van der Waals surface area contributed by atoms with Crippen LogP contribution in [0.2, 0.25) is 0 Å². The number of amides is 1. The van der Waals surface area contributed by atoms with Gasteiger partial charge in [-0.3, -0.25) is 4.79 Å². The highest BCUT2D eigenvalue weighted by atomic mass is 32.2. The van der Waals surface area contributed by atoms with Gasteiger partial charge in [0, 0.05) is 38.0 Å². The fourth-order valence-corrected chi connectivity index (χ4v) is 4.86. The van der Waals surface area contributed by atoms with Gasteiger partial charge in [-0.25, -0.2) is 8.42 Å². The summed E-state index contributed by atoms with van der Waals surface area (Å²) in [5, 5.41) is 1.18. The van der Waals surface area contributed by atoms with Crippen molar-refractivity contribution < 1.29 is 26.4 Å². The Labute approximate surface area is 186 Å². The Morgan fingerprint density at radius 1 is 1.06 bits per heavy atom. The Morgan fingerprint density at radius 3 is 2.22 bits per heavy atom. The van der Waals surface area contributed by atoms with Crippen molar-refractivity contribution in [1.82, 2.24) is 9.21 Å². The highest BCUT2D eigenvalue weighted by molar-refractivity contribution is 7.92. The second-order valence-corrected chi connectivity index (χ2v) is 9.64. The van der Waals surface area contributed by atoms with Gasteiger partial charge in [0.1, 0.15) is 0 Å². The van der Waals surface area contributed by atoms with Crippen LogP contribution in [0.1, 0.15) is 29.5 Å². The molecule has 0 aromatic heterocycles. The van der Waals surface area contributed by atoms with E-state index in [0.717, 1.165) is 17.7 Å². The Morgan fingerprint density at radius 2 is 1.66 bits per heavy atom. The van der Waals surface area contributed by atoms with Crippen LogP contribution in [-0.2, 0) is 27.5 Å². The van der Waals surface area contributed by atoms with Gasteiger partial charge in [0.15, 0.2) is 0 Å². The first kappa shape index (κ1) is 24.0. The molecule has 0 atom stereocenters. The van der Waals surface area contributed by atoms with Crippen molar-refractivity contribution in [3.05, 3.63) is 76.7 Å². The van der Waals surface area contributed by atoms with E-state index in [1.807, 2.05) is 30.3 Å². The number of benzene rings is 2. The lowest BCUT2D eigenvalue weighted by Gasteiger charge is -2.32. The molecule has 32 heavy (non-hydrogen) atoms. The molecule has 5 nitrogen and oxygen atoms in total. The topological polar surface area (TPSA) is 57.7 Å². The number of nitrogens with zero attached hydrogens (tertiary/aromatic N) is 2.